The Kier molecular flexibility index (Phi) is 6.04. The van der Waals surface area contributed by atoms with E-state index in [0.29, 0.717) is 23.1 Å². The minimum Gasteiger partial charge on any atom is -0.450 e. The first-order valence-electron chi connectivity index (χ1n) is 12.2. The summed E-state index contributed by atoms with van der Waals surface area (Å²) in [7, 11) is 0. The normalized spacial score (nSPS) is 19.1. The number of nitrogens with one attached hydrogen (secondary N) is 1. The third-order valence-corrected chi connectivity index (χ3v) is 7.09. The zero-order chi connectivity index (χ0) is 23.9. The molecular formula is C28H33N2O4+. The van der Waals surface area contributed by atoms with Crippen LogP contribution in [0.2, 0.25) is 0 Å². The number of rotatable bonds is 5. The molecule has 0 aliphatic carbocycles. The van der Waals surface area contributed by atoms with Gasteiger partial charge in [0, 0.05) is 13.0 Å². The average molecular weight is 462 g/mol. The molecule has 1 fully saturated rings. The topological polar surface area (TPSA) is 64.2 Å². The van der Waals surface area contributed by atoms with Gasteiger partial charge in [-0.05, 0) is 28.7 Å². The summed E-state index contributed by atoms with van der Waals surface area (Å²) < 4.78 is 11.5. The lowest BCUT2D eigenvalue weighted by molar-refractivity contribution is -0.908. The highest BCUT2D eigenvalue weighted by molar-refractivity contribution is 5.99. The third kappa shape index (κ3) is 4.17. The Balaban J connectivity index is 1.52. The zero-order valence-corrected chi connectivity index (χ0v) is 20.2. The summed E-state index contributed by atoms with van der Waals surface area (Å²) in [5, 5.41) is 0.518. The molecule has 1 aromatic heterocycles. The van der Waals surface area contributed by atoms with Gasteiger partial charge in [-0.3, -0.25) is 9.59 Å². The number of quaternary nitrogens is 1. The van der Waals surface area contributed by atoms with E-state index < -0.39 is 6.04 Å². The van der Waals surface area contributed by atoms with Gasteiger partial charge in [-0.1, -0.05) is 57.2 Å². The van der Waals surface area contributed by atoms with Gasteiger partial charge < -0.3 is 19.0 Å². The van der Waals surface area contributed by atoms with E-state index >= 15 is 0 Å². The van der Waals surface area contributed by atoms with Gasteiger partial charge in [0.2, 0.25) is 5.76 Å². The summed E-state index contributed by atoms with van der Waals surface area (Å²) in [5.74, 6) is -0.00736. The maximum absolute atomic E-state index is 13.6. The van der Waals surface area contributed by atoms with Crippen LogP contribution in [0.3, 0.4) is 0 Å². The molecule has 34 heavy (non-hydrogen) atoms. The van der Waals surface area contributed by atoms with E-state index in [2.05, 4.69) is 45.0 Å². The van der Waals surface area contributed by atoms with Crippen molar-refractivity contribution >= 4 is 16.9 Å². The highest BCUT2D eigenvalue weighted by atomic mass is 16.5. The second kappa shape index (κ2) is 9.01. The van der Waals surface area contributed by atoms with Crippen molar-refractivity contribution in [3.05, 3.63) is 81.2 Å². The summed E-state index contributed by atoms with van der Waals surface area (Å²) in [6, 6.07) is 15.1. The molecule has 2 aliphatic heterocycles. The van der Waals surface area contributed by atoms with E-state index in [0.717, 1.165) is 44.8 Å². The van der Waals surface area contributed by atoms with Crippen molar-refractivity contribution in [1.29, 1.82) is 0 Å². The standard InChI is InChI=1S/C28H32N2O4/c1-28(2,3)20-11-9-19(10-12-20)24-23-25(31)21-7-4-5-8-22(21)34-26(23)27(32)30(24)14-6-13-29-15-17-33-18-16-29/h4-5,7-12,24H,6,13-18H2,1-3H3/p+1/t24-/m1/s1. The molecule has 2 aliphatic rings. The van der Waals surface area contributed by atoms with Gasteiger partial charge in [0.1, 0.15) is 18.7 Å². The molecule has 5 rings (SSSR count). The fraction of sp³-hybridized carbons (Fsp3) is 0.429. The van der Waals surface area contributed by atoms with Gasteiger partial charge in [0.25, 0.3) is 5.91 Å². The van der Waals surface area contributed by atoms with E-state index in [-0.39, 0.29) is 22.5 Å². The van der Waals surface area contributed by atoms with Crippen LogP contribution in [0, 0.1) is 0 Å². The highest BCUT2D eigenvalue weighted by Gasteiger charge is 2.42. The molecule has 0 saturated carbocycles. The van der Waals surface area contributed by atoms with Crippen molar-refractivity contribution in [2.75, 3.05) is 39.4 Å². The third-order valence-electron chi connectivity index (χ3n) is 7.09. The monoisotopic (exact) mass is 461 g/mol. The Hall–Kier alpha value is -2.96. The van der Waals surface area contributed by atoms with Crippen LogP contribution in [0.5, 0.6) is 0 Å². The molecule has 1 saturated heterocycles. The van der Waals surface area contributed by atoms with Gasteiger partial charge in [-0.25, -0.2) is 0 Å². The molecule has 0 bridgehead atoms. The molecule has 0 radical (unpaired) electrons. The smallest absolute Gasteiger partial charge is 0.290 e. The molecule has 3 aromatic rings. The number of para-hydroxylation sites is 1. The van der Waals surface area contributed by atoms with Crippen LogP contribution >= 0.6 is 0 Å². The van der Waals surface area contributed by atoms with E-state index in [9.17, 15) is 9.59 Å². The first-order chi connectivity index (χ1) is 16.3. The van der Waals surface area contributed by atoms with Crippen LogP contribution in [0.1, 0.15) is 60.5 Å². The molecule has 178 valence electrons. The number of hydrogen-bond donors (Lipinski definition) is 1. The Morgan fingerprint density at radius 3 is 2.41 bits per heavy atom. The van der Waals surface area contributed by atoms with E-state index in [1.807, 2.05) is 17.0 Å². The van der Waals surface area contributed by atoms with Crippen molar-refractivity contribution in [2.45, 2.75) is 38.6 Å². The SMILES string of the molecule is CC(C)(C)c1ccc([C@@H]2c3c(oc4ccccc4c3=O)C(=O)N2CCC[NH+]2CCOCC2)cc1. The minimum atomic E-state index is -0.433. The number of fused-ring (bicyclic) bond motifs is 2. The number of amides is 1. The number of morpholine rings is 1. The van der Waals surface area contributed by atoms with Crippen LogP contribution in [0.25, 0.3) is 11.0 Å². The predicted molar refractivity (Wildman–Crippen MR) is 132 cm³/mol. The molecule has 1 amide bonds. The fourth-order valence-electron chi connectivity index (χ4n) is 5.12. The van der Waals surface area contributed by atoms with Crippen molar-refractivity contribution in [3.8, 4) is 0 Å². The summed E-state index contributed by atoms with van der Waals surface area (Å²) in [4.78, 5) is 30.5. The molecule has 3 heterocycles. The lowest BCUT2D eigenvalue weighted by atomic mass is 9.86. The average Bonchev–Trinajstić information content (AvgIpc) is 3.11. The number of carbonyl (C=O) groups excluding carboxylic acids is 1. The van der Waals surface area contributed by atoms with Crippen molar-refractivity contribution in [3.63, 3.8) is 0 Å². The van der Waals surface area contributed by atoms with Crippen LogP contribution in [-0.4, -0.2) is 50.2 Å². The Morgan fingerprint density at radius 1 is 1.00 bits per heavy atom. The summed E-state index contributed by atoms with van der Waals surface area (Å²) in [5.41, 5.74) is 3.00. The maximum atomic E-state index is 13.6. The molecule has 0 spiro atoms. The van der Waals surface area contributed by atoms with Crippen LogP contribution in [0.4, 0.5) is 0 Å². The molecule has 2 aromatic carbocycles. The Bertz CT molecular complexity index is 1250. The number of ether oxygens (including phenoxy) is 1. The minimum absolute atomic E-state index is 0.0256. The van der Waals surface area contributed by atoms with Gasteiger partial charge >= 0.3 is 0 Å². The first kappa shape index (κ1) is 22.8. The second-order valence-corrected chi connectivity index (χ2v) is 10.4. The predicted octanol–water partition coefficient (Wildman–Crippen LogP) is 2.94. The lowest BCUT2D eigenvalue weighted by Gasteiger charge is -2.28. The Labute approximate surface area is 200 Å². The van der Waals surface area contributed by atoms with Gasteiger partial charge in [0.05, 0.1) is 36.8 Å². The van der Waals surface area contributed by atoms with E-state index in [1.165, 1.54) is 10.5 Å². The van der Waals surface area contributed by atoms with Gasteiger partial charge in [0.15, 0.2) is 5.43 Å². The van der Waals surface area contributed by atoms with Crippen LogP contribution in [-0.2, 0) is 10.2 Å². The number of nitrogens with zero attached hydrogens (tertiary/aromatic N) is 1. The highest BCUT2D eigenvalue weighted by Crippen LogP contribution is 2.38. The molecular weight excluding hydrogens is 428 g/mol. The summed E-state index contributed by atoms with van der Waals surface area (Å²) in [6.07, 6.45) is 0.860. The number of carbonyl (C=O) groups is 1. The van der Waals surface area contributed by atoms with Gasteiger partial charge in [-0.2, -0.15) is 0 Å². The molecule has 6 heteroatoms. The second-order valence-electron chi connectivity index (χ2n) is 10.4. The summed E-state index contributed by atoms with van der Waals surface area (Å²) >= 11 is 0. The van der Waals surface area contributed by atoms with E-state index in [4.69, 9.17) is 9.15 Å². The van der Waals surface area contributed by atoms with E-state index in [1.54, 1.807) is 12.1 Å². The van der Waals surface area contributed by atoms with Crippen molar-refractivity contribution in [2.24, 2.45) is 0 Å². The Morgan fingerprint density at radius 2 is 1.71 bits per heavy atom. The molecule has 1 atom stereocenters. The molecule has 6 nitrogen and oxygen atoms in total. The first-order valence-corrected chi connectivity index (χ1v) is 12.2. The largest absolute Gasteiger partial charge is 0.450 e. The molecule has 0 unspecified atom stereocenters. The number of hydrogen-bond acceptors (Lipinski definition) is 4. The fourth-order valence-corrected chi connectivity index (χ4v) is 5.12. The maximum Gasteiger partial charge on any atom is 0.290 e. The lowest BCUT2D eigenvalue weighted by Crippen LogP contribution is -3.14. The number of benzene rings is 2. The summed E-state index contributed by atoms with van der Waals surface area (Å²) in [6.45, 7) is 11.7. The quantitative estimate of drug-likeness (QED) is 0.635. The van der Waals surface area contributed by atoms with Gasteiger partial charge in [-0.15, -0.1) is 0 Å². The molecule has 1 N–H and O–H groups in total. The van der Waals surface area contributed by atoms with Crippen LogP contribution in [0.15, 0.2) is 57.7 Å². The van der Waals surface area contributed by atoms with Crippen molar-refractivity contribution < 1.29 is 18.8 Å². The van der Waals surface area contributed by atoms with Crippen molar-refractivity contribution in [1.82, 2.24) is 4.90 Å². The zero-order valence-electron chi connectivity index (χ0n) is 20.2. The van der Waals surface area contributed by atoms with Crippen LogP contribution < -0.4 is 10.3 Å².